The molecule has 1 aliphatic rings. The van der Waals surface area contributed by atoms with Crippen molar-refractivity contribution in [3.8, 4) is 5.75 Å². The van der Waals surface area contributed by atoms with E-state index in [2.05, 4.69) is 10.6 Å². The number of fused-ring (bicyclic) bond motifs is 1. The summed E-state index contributed by atoms with van der Waals surface area (Å²) in [5.41, 5.74) is 0.117. The van der Waals surface area contributed by atoms with Gasteiger partial charge in [-0.2, -0.15) is 0 Å². The van der Waals surface area contributed by atoms with E-state index >= 15 is 0 Å². The number of hydrogen-bond donors (Lipinski definition) is 2. The lowest BCUT2D eigenvalue weighted by Gasteiger charge is -2.18. The molecule has 2 N–H and O–H groups in total. The lowest BCUT2D eigenvalue weighted by atomic mass is 10.2. The second-order valence-electron chi connectivity index (χ2n) is 5.74. The second kappa shape index (κ2) is 7.31. The van der Waals surface area contributed by atoms with E-state index in [0.717, 1.165) is 12.1 Å². The number of carbonyl (C=O) groups is 2. The Bertz CT molecular complexity index is 1020. The summed E-state index contributed by atoms with van der Waals surface area (Å²) in [5, 5.41) is 4.74. The molecule has 7 nitrogen and oxygen atoms in total. The summed E-state index contributed by atoms with van der Waals surface area (Å²) in [6.45, 7) is -0.220. The molecule has 0 aromatic heterocycles. The highest BCUT2D eigenvalue weighted by Crippen LogP contribution is 2.30. The SMILES string of the molecule is O=C(CCS(=O)(=O)c1ccc2c(c1)OCC(=O)N2)Nc1ccc(F)cc1F. The molecule has 1 aliphatic heterocycles. The molecule has 3 rings (SSSR count). The number of nitrogens with one attached hydrogen (secondary N) is 2. The van der Waals surface area contributed by atoms with Crippen LogP contribution in [0.5, 0.6) is 5.75 Å². The van der Waals surface area contributed by atoms with Crippen LogP contribution in [0.4, 0.5) is 20.2 Å². The monoisotopic (exact) mass is 396 g/mol. The highest BCUT2D eigenvalue weighted by molar-refractivity contribution is 7.91. The first-order valence-corrected chi connectivity index (χ1v) is 9.44. The maximum Gasteiger partial charge on any atom is 0.262 e. The number of benzene rings is 2. The third-order valence-electron chi connectivity index (χ3n) is 3.75. The summed E-state index contributed by atoms with van der Waals surface area (Å²) in [6.07, 6.45) is -0.423. The van der Waals surface area contributed by atoms with Gasteiger partial charge in [-0.1, -0.05) is 0 Å². The van der Waals surface area contributed by atoms with Crippen LogP contribution in [-0.4, -0.2) is 32.6 Å². The maximum absolute atomic E-state index is 13.5. The number of carbonyl (C=O) groups excluding carboxylic acids is 2. The molecule has 10 heteroatoms. The van der Waals surface area contributed by atoms with Gasteiger partial charge in [-0.3, -0.25) is 9.59 Å². The van der Waals surface area contributed by atoms with Crippen LogP contribution in [0.25, 0.3) is 0 Å². The van der Waals surface area contributed by atoms with Gasteiger partial charge in [0, 0.05) is 18.6 Å². The zero-order valence-corrected chi connectivity index (χ0v) is 14.6. The van der Waals surface area contributed by atoms with E-state index in [4.69, 9.17) is 4.74 Å². The normalized spacial score (nSPS) is 13.3. The van der Waals surface area contributed by atoms with Gasteiger partial charge < -0.3 is 15.4 Å². The molecule has 2 amide bonds. The average Bonchev–Trinajstić information content (AvgIpc) is 2.62. The molecular weight excluding hydrogens is 382 g/mol. The zero-order valence-electron chi connectivity index (χ0n) is 13.8. The molecule has 0 bridgehead atoms. The first-order valence-electron chi connectivity index (χ1n) is 7.79. The first-order chi connectivity index (χ1) is 12.7. The van der Waals surface area contributed by atoms with Crippen LogP contribution in [0, 0.1) is 11.6 Å². The van der Waals surface area contributed by atoms with Gasteiger partial charge in [-0.25, -0.2) is 17.2 Å². The van der Waals surface area contributed by atoms with E-state index < -0.39 is 39.6 Å². The Morgan fingerprint density at radius 2 is 1.96 bits per heavy atom. The molecular formula is C17H14F2N2O5S. The molecule has 1 heterocycles. The number of halogens is 2. The lowest BCUT2D eigenvalue weighted by molar-refractivity contribution is -0.118. The summed E-state index contributed by atoms with van der Waals surface area (Å²) in [4.78, 5) is 23.0. The Morgan fingerprint density at radius 1 is 1.19 bits per heavy atom. The van der Waals surface area contributed by atoms with E-state index in [1.807, 2.05) is 0 Å². The zero-order chi connectivity index (χ0) is 19.6. The van der Waals surface area contributed by atoms with Crippen molar-refractivity contribution < 1.29 is 31.5 Å². The molecule has 142 valence electrons. The van der Waals surface area contributed by atoms with Gasteiger partial charge in [0.1, 0.15) is 17.4 Å². The average molecular weight is 396 g/mol. The third kappa shape index (κ3) is 4.40. The van der Waals surface area contributed by atoms with Gasteiger partial charge >= 0.3 is 0 Å². The van der Waals surface area contributed by atoms with Crippen molar-refractivity contribution in [2.45, 2.75) is 11.3 Å². The fraction of sp³-hybridized carbons (Fsp3) is 0.176. The van der Waals surface area contributed by atoms with Gasteiger partial charge in [0.15, 0.2) is 16.4 Å². The van der Waals surface area contributed by atoms with E-state index in [9.17, 15) is 26.8 Å². The molecule has 0 aliphatic carbocycles. The molecule has 0 saturated carbocycles. The van der Waals surface area contributed by atoms with Gasteiger partial charge in [-0.15, -0.1) is 0 Å². The maximum atomic E-state index is 13.5. The van der Waals surface area contributed by atoms with Crippen LogP contribution in [0.15, 0.2) is 41.3 Å². The number of hydrogen-bond acceptors (Lipinski definition) is 5. The Labute approximate surface area is 153 Å². The predicted octanol–water partition coefficient (Wildman–Crippen LogP) is 2.10. The Morgan fingerprint density at radius 3 is 2.70 bits per heavy atom. The Kier molecular flexibility index (Phi) is 5.08. The summed E-state index contributed by atoms with van der Waals surface area (Å²) >= 11 is 0. The van der Waals surface area contributed by atoms with Crippen LogP contribution in [0.2, 0.25) is 0 Å². The van der Waals surface area contributed by atoms with Crippen LogP contribution in [0.1, 0.15) is 6.42 Å². The lowest BCUT2D eigenvalue weighted by Crippen LogP contribution is -2.25. The van der Waals surface area contributed by atoms with Crippen LogP contribution >= 0.6 is 0 Å². The molecule has 0 atom stereocenters. The number of amides is 2. The standard InChI is InChI=1S/C17H14F2N2O5S/c18-10-1-3-13(12(19)7-10)20-16(22)5-6-27(24,25)11-2-4-14-15(8-11)26-9-17(23)21-14/h1-4,7-8H,5-6,9H2,(H,20,22)(H,21,23). The minimum Gasteiger partial charge on any atom is -0.482 e. The van der Waals surface area contributed by atoms with Crippen molar-refractivity contribution >= 4 is 33.0 Å². The van der Waals surface area contributed by atoms with Gasteiger partial charge in [0.2, 0.25) is 5.91 Å². The van der Waals surface area contributed by atoms with Crippen molar-refractivity contribution in [3.05, 3.63) is 48.0 Å². The topological polar surface area (TPSA) is 102 Å². The minimum absolute atomic E-state index is 0.0711. The van der Waals surface area contributed by atoms with Gasteiger partial charge in [0.05, 0.1) is 22.0 Å². The summed E-state index contributed by atoms with van der Waals surface area (Å²) < 4.78 is 56.4. The quantitative estimate of drug-likeness (QED) is 0.806. The summed E-state index contributed by atoms with van der Waals surface area (Å²) in [5.74, 6) is -3.13. The number of sulfone groups is 1. The fourth-order valence-electron chi connectivity index (χ4n) is 2.40. The summed E-state index contributed by atoms with van der Waals surface area (Å²) in [7, 11) is -3.82. The molecule has 0 unspecified atom stereocenters. The van der Waals surface area contributed by atoms with Crippen molar-refractivity contribution in [3.63, 3.8) is 0 Å². The van der Waals surface area contributed by atoms with E-state index in [1.54, 1.807) is 0 Å². The van der Waals surface area contributed by atoms with Gasteiger partial charge in [-0.05, 0) is 24.3 Å². The molecule has 0 radical (unpaired) electrons. The largest absolute Gasteiger partial charge is 0.482 e. The predicted molar refractivity (Wildman–Crippen MR) is 92.2 cm³/mol. The first kappa shape index (κ1) is 18.8. The molecule has 0 saturated heterocycles. The van der Waals surface area contributed by atoms with Crippen LogP contribution < -0.4 is 15.4 Å². The van der Waals surface area contributed by atoms with Crippen molar-refractivity contribution in [1.29, 1.82) is 0 Å². The third-order valence-corrected chi connectivity index (χ3v) is 5.46. The highest BCUT2D eigenvalue weighted by atomic mass is 32.2. The number of ether oxygens (including phenoxy) is 1. The molecule has 27 heavy (non-hydrogen) atoms. The van der Waals surface area contributed by atoms with E-state index in [0.29, 0.717) is 11.8 Å². The van der Waals surface area contributed by atoms with Crippen molar-refractivity contribution in [2.75, 3.05) is 23.0 Å². The number of anilines is 2. The van der Waals surface area contributed by atoms with Crippen molar-refractivity contribution in [2.24, 2.45) is 0 Å². The second-order valence-corrected chi connectivity index (χ2v) is 7.85. The fourth-order valence-corrected chi connectivity index (χ4v) is 3.65. The Balaban J connectivity index is 1.66. The Hall–Kier alpha value is -3.01. The molecule has 0 fully saturated rings. The van der Waals surface area contributed by atoms with Gasteiger partial charge in [0.25, 0.3) is 5.91 Å². The molecule has 2 aromatic rings. The smallest absolute Gasteiger partial charge is 0.262 e. The van der Waals surface area contributed by atoms with Crippen molar-refractivity contribution in [1.82, 2.24) is 0 Å². The summed E-state index contributed by atoms with van der Waals surface area (Å²) in [6, 6.07) is 6.58. The number of rotatable bonds is 5. The van der Waals surface area contributed by atoms with Crippen LogP contribution in [0.3, 0.4) is 0 Å². The molecule has 2 aromatic carbocycles. The minimum atomic E-state index is -3.82. The molecule has 0 spiro atoms. The van der Waals surface area contributed by atoms with E-state index in [-0.39, 0.29) is 28.8 Å². The highest BCUT2D eigenvalue weighted by Gasteiger charge is 2.22. The van der Waals surface area contributed by atoms with E-state index in [1.165, 1.54) is 18.2 Å². The van der Waals surface area contributed by atoms with Crippen LogP contribution in [-0.2, 0) is 19.4 Å².